The second kappa shape index (κ2) is 3.99. The van der Waals surface area contributed by atoms with Crippen molar-refractivity contribution in [3.05, 3.63) is 24.9 Å². The standard InChI is InChI=1S/C12H23N/c1-8-11(3,4)9-12(5,6)10(2)13-7/h8,13H,1-2,9H2,3-7H3. The van der Waals surface area contributed by atoms with Crippen LogP contribution in [0.4, 0.5) is 0 Å². The Kier molecular flexibility index (Phi) is 3.77. The molecule has 0 spiro atoms. The first-order valence-electron chi connectivity index (χ1n) is 4.76. The Labute approximate surface area is 82.9 Å². The summed E-state index contributed by atoms with van der Waals surface area (Å²) in [5.41, 5.74) is 1.37. The van der Waals surface area contributed by atoms with Crippen LogP contribution in [0.25, 0.3) is 0 Å². The fourth-order valence-corrected chi connectivity index (χ4v) is 1.66. The predicted molar refractivity (Wildman–Crippen MR) is 60.6 cm³/mol. The van der Waals surface area contributed by atoms with Crippen LogP contribution in [0.1, 0.15) is 34.1 Å². The summed E-state index contributed by atoms with van der Waals surface area (Å²) in [4.78, 5) is 0. The first-order valence-corrected chi connectivity index (χ1v) is 4.76. The van der Waals surface area contributed by atoms with Crippen LogP contribution in [0.5, 0.6) is 0 Å². The Morgan fingerprint density at radius 2 is 1.77 bits per heavy atom. The molecule has 0 fully saturated rings. The van der Waals surface area contributed by atoms with Crippen LogP contribution in [0.3, 0.4) is 0 Å². The fraction of sp³-hybridized carbons (Fsp3) is 0.667. The van der Waals surface area contributed by atoms with Crippen LogP contribution in [0.2, 0.25) is 0 Å². The molecule has 1 heteroatoms. The van der Waals surface area contributed by atoms with Crippen molar-refractivity contribution in [1.82, 2.24) is 5.32 Å². The molecule has 0 atom stereocenters. The molecule has 76 valence electrons. The van der Waals surface area contributed by atoms with E-state index < -0.39 is 0 Å². The van der Waals surface area contributed by atoms with Gasteiger partial charge >= 0.3 is 0 Å². The van der Waals surface area contributed by atoms with E-state index in [-0.39, 0.29) is 10.8 Å². The van der Waals surface area contributed by atoms with Gasteiger partial charge in [-0.1, -0.05) is 40.3 Å². The maximum absolute atomic E-state index is 4.02. The molecule has 0 aromatic heterocycles. The van der Waals surface area contributed by atoms with E-state index in [2.05, 4.69) is 46.2 Å². The van der Waals surface area contributed by atoms with E-state index in [9.17, 15) is 0 Å². The van der Waals surface area contributed by atoms with Crippen molar-refractivity contribution in [2.75, 3.05) is 7.05 Å². The summed E-state index contributed by atoms with van der Waals surface area (Å²) in [6.07, 6.45) is 3.07. The third-order valence-electron chi connectivity index (χ3n) is 2.57. The first kappa shape index (κ1) is 12.3. The number of allylic oxidation sites excluding steroid dienone is 2. The van der Waals surface area contributed by atoms with E-state index in [0.29, 0.717) is 0 Å². The molecule has 1 N–H and O–H groups in total. The number of rotatable bonds is 5. The molecule has 0 heterocycles. The SMILES string of the molecule is C=CC(C)(C)CC(C)(C)C(=C)NC. The van der Waals surface area contributed by atoms with Gasteiger partial charge in [-0.3, -0.25) is 0 Å². The van der Waals surface area contributed by atoms with Gasteiger partial charge in [0.25, 0.3) is 0 Å². The summed E-state index contributed by atoms with van der Waals surface area (Å²) >= 11 is 0. The third kappa shape index (κ3) is 3.67. The smallest absolute Gasteiger partial charge is 0.00887 e. The Morgan fingerprint density at radius 3 is 2.08 bits per heavy atom. The lowest BCUT2D eigenvalue weighted by Gasteiger charge is -2.34. The van der Waals surface area contributed by atoms with Crippen molar-refractivity contribution in [3.8, 4) is 0 Å². The van der Waals surface area contributed by atoms with Gasteiger partial charge in [-0.15, -0.1) is 6.58 Å². The fourth-order valence-electron chi connectivity index (χ4n) is 1.66. The predicted octanol–water partition coefficient (Wildman–Crippen LogP) is 3.35. The van der Waals surface area contributed by atoms with Gasteiger partial charge in [-0.2, -0.15) is 0 Å². The largest absolute Gasteiger partial charge is 0.391 e. The molecule has 0 aliphatic rings. The van der Waals surface area contributed by atoms with E-state index in [0.717, 1.165) is 12.1 Å². The molecule has 0 radical (unpaired) electrons. The van der Waals surface area contributed by atoms with E-state index in [1.165, 1.54) is 0 Å². The van der Waals surface area contributed by atoms with Crippen molar-refractivity contribution in [3.63, 3.8) is 0 Å². The van der Waals surface area contributed by atoms with Crippen molar-refractivity contribution in [1.29, 1.82) is 0 Å². The number of hydrogen-bond acceptors (Lipinski definition) is 1. The second-order valence-electron chi connectivity index (χ2n) is 4.98. The van der Waals surface area contributed by atoms with Gasteiger partial charge in [0.05, 0.1) is 0 Å². The van der Waals surface area contributed by atoms with Crippen LogP contribution in [0.15, 0.2) is 24.9 Å². The van der Waals surface area contributed by atoms with Gasteiger partial charge in [0.1, 0.15) is 0 Å². The molecule has 0 aromatic rings. The number of hydrogen-bond donors (Lipinski definition) is 1. The molecule has 0 bridgehead atoms. The molecule has 0 saturated carbocycles. The number of nitrogens with one attached hydrogen (secondary N) is 1. The summed E-state index contributed by atoms with van der Waals surface area (Å²) in [6, 6.07) is 0. The summed E-state index contributed by atoms with van der Waals surface area (Å²) in [7, 11) is 1.92. The molecular formula is C12H23N. The lowest BCUT2D eigenvalue weighted by molar-refractivity contribution is 0.272. The van der Waals surface area contributed by atoms with Crippen molar-refractivity contribution in [2.45, 2.75) is 34.1 Å². The Bertz CT molecular complexity index is 199. The highest BCUT2D eigenvalue weighted by Crippen LogP contribution is 2.37. The quantitative estimate of drug-likeness (QED) is 0.641. The van der Waals surface area contributed by atoms with Crippen LogP contribution in [-0.2, 0) is 0 Å². The van der Waals surface area contributed by atoms with E-state index in [1.54, 1.807) is 0 Å². The van der Waals surface area contributed by atoms with Crippen LogP contribution in [-0.4, -0.2) is 7.05 Å². The van der Waals surface area contributed by atoms with Gasteiger partial charge in [0.15, 0.2) is 0 Å². The molecule has 0 aromatic carbocycles. The van der Waals surface area contributed by atoms with Gasteiger partial charge in [-0.25, -0.2) is 0 Å². The molecule has 0 saturated heterocycles. The molecule has 13 heavy (non-hydrogen) atoms. The normalized spacial score (nSPS) is 12.4. The Balaban J connectivity index is 4.50. The van der Waals surface area contributed by atoms with Crippen molar-refractivity contribution in [2.24, 2.45) is 10.8 Å². The second-order valence-corrected chi connectivity index (χ2v) is 4.98. The molecule has 0 aliphatic carbocycles. The summed E-state index contributed by atoms with van der Waals surface area (Å²) in [5.74, 6) is 0. The minimum atomic E-state index is 0.117. The zero-order valence-corrected chi connectivity index (χ0v) is 9.70. The monoisotopic (exact) mass is 181 g/mol. The molecule has 1 nitrogen and oxygen atoms in total. The van der Waals surface area contributed by atoms with Gasteiger partial charge in [0.2, 0.25) is 0 Å². The van der Waals surface area contributed by atoms with Gasteiger partial charge in [-0.05, 0) is 11.8 Å². The third-order valence-corrected chi connectivity index (χ3v) is 2.57. The highest BCUT2D eigenvalue weighted by Gasteiger charge is 2.28. The van der Waals surface area contributed by atoms with E-state index in [1.807, 2.05) is 13.1 Å². The lowest BCUT2D eigenvalue weighted by Crippen LogP contribution is -2.28. The van der Waals surface area contributed by atoms with Crippen LogP contribution < -0.4 is 5.32 Å². The zero-order chi connectivity index (χ0) is 10.7. The van der Waals surface area contributed by atoms with Crippen molar-refractivity contribution < 1.29 is 0 Å². The van der Waals surface area contributed by atoms with Crippen LogP contribution >= 0.6 is 0 Å². The summed E-state index contributed by atoms with van der Waals surface area (Å²) in [6.45, 7) is 16.7. The minimum Gasteiger partial charge on any atom is -0.391 e. The highest BCUT2D eigenvalue weighted by atomic mass is 14.8. The summed E-state index contributed by atoms with van der Waals surface area (Å²) in [5, 5.41) is 3.12. The zero-order valence-electron chi connectivity index (χ0n) is 9.70. The minimum absolute atomic E-state index is 0.117. The Morgan fingerprint density at radius 1 is 1.31 bits per heavy atom. The molecule has 0 aliphatic heterocycles. The maximum Gasteiger partial charge on any atom is 0.00887 e. The maximum atomic E-state index is 4.02. The van der Waals surface area contributed by atoms with Crippen LogP contribution in [0, 0.1) is 10.8 Å². The molecule has 0 unspecified atom stereocenters. The average Bonchev–Trinajstić information content (AvgIpc) is 2.01. The van der Waals surface area contributed by atoms with Gasteiger partial charge < -0.3 is 5.32 Å². The Hall–Kier alpha value is -0.720. The lowest BCUT2D eigenvalue weighted by atomic mass is 9.73. The molecule has 0 rings (SSSR count). The van der Waals surface area contributed by atoms with Crippen molar-refractivity contribution >= 4 is 0 Å². The van der Waals surface area contributed by atoms with E-state index >= 15 is 0 Å². The van der Waals surface area contributed by atoms with E-state index in [4.69, 9.17) is 0 Å². The van der Waals surface area contributed by atoms with Gasteiger partial charge in [0, 0.05) is 18.2 Å². The molecular weight excluding hydrogens is 158 g/mol. The first-order chi connectivity index (χ1) is 5.75. The highest BCUT2D eigenvalue weighted by molar-refractivity contribution is 5.07. The molecule has 0 amide bonds. The average molecular weight is 181 g/mol. The topological polar surface area (TPSA) is 12.0 Å². The summed E-state index contributed by atoms with van der Waals surface area (Å²) < 4.78 is 0.